The van der Waals surface area contributed by atoms with E-state index in [4.69, 9.17) is 0 Å². The van der Waals surface area contributed by atoms with Crippen LogP contribution < -0.4 is 5.32 Å². The summed E-state index contributed by atoms with van der Waals surface area (Å²) in [6.07, 6.45) is 0. The summed E-state index contributed by atoms with van der Waals surface area (Å²) >= 11 is 0. The van der Waals surface area contributed by atoms with Crippen LogP contribution in [-0.4, -0.2) is 30.0 Å². The first-order valence-electron chi connectivity index (χ1n) is 7.55. The van der Waals surface area contributed by atoms with E-state index < -0.39 is 12.0 Å². The van der Waals surface area contributed by atoms with Crippen molar-refractivity contribution in [2.75, 3.05) is 13.1 Å². The van der Waals surface area contributed by atoms with Crippen molar-refractivity contribution < 1.29 is 8.78 Å². The minimum atomic E-state index is -2.69. The molecule has 4 heteroatoms. The molecular formula is C18H20F2N2. The van der Waals surface area contributed by atoms with Crippen LogP contribution in [0.25, 0.3) is 0 Å². The van der Waals surface area contributed by atoms with E-state index in [1.165, 1.54) is 0 Å². The molecule has 2 nitrogen and oxygen atoms in total. The summed E-state index contributed by atoms with van der Waals surface area (Å²) in [4.78, 5) is 1.88. The average Bonchev–Trinajstić information content (AvgIpc) is 2.88. The molecule has 0 bridgehead atoms. The Morgan fingerprint density at radius 1 is 0.909 bits per heavy atom. The second-order valence-corrected chi connectivity index (χ2v) is 5.78. The molecule has 1 unspecified atom stereocenters. The maximum Gasteiger partial charge on any atom is 0.276 e. The van der Waals surface area contributed by atoms with Crippen LogP contribution in [-0.2, 0) is 13.1 Å². The van der Waals surface area contributed by atoms with E-state index in [1.54, 1.807) is 0 Å². The minimum absolute atomic E-state index is 0.238. The smallest absolute Gasteiger partial charge is 0.276 e. The standard InChI is InChI=1S/C18H20F2N2/c19-18(20)14-21-11-17(18)22(12-15-7-3-1-4-8-15)13-16-9-5-2-6-10-16/h1-10,17,21H,11-14H2. The molecule has 1 N–H and O–H groups in total. The maximum absolute atomic E-state index is 14.2. The van der Waals surface area contributed by atoms with Crippen LogP contribution in [0.3, 0.4) is 0 Å². The number of alkyl halides is 2. The lowest BCUT2D eigenvalue weighted by Gasteiger charge is -2.32. The Morgan fingerprint density at radius 2 is 1.41 bits per heavy atom. The summed E-state index contributed by atoms with van der Waals surface area (Å²) in [5, 5.41) is 2.82. The Morgan fingerprint density at radius 3 is 1.82 bits per heavy atom. The zero-order valence-electron chi connectivity index (χ0n) is 12.4. The summed E-state index contributed by atoms with van der Waals surface area (Å²) in [5.41, 5.74) is 2.11. The molecule has 0 saturated carbocycles. The van der Waals surface area contributed by atoms with Crippen LogP contribution in [0.1, 0.15) is 11.1 Å². The molecule has 2 aromatic rings. The van der Waals surface area contributed by atoms with Crippen LogP contribution in [0.5, 0.6) is 0 Å². The monoisotopic (exact) mass is 302 g/mol. The maximum atomic E-state index is 14.2. The molecule has 1 fully saturated rings. The first kappa shape index (κ1) is 15.1. The molecule has 1 aliphatic heterocycles. The van der Waals surface area contributed by atoms with Gasteiger partial charge in [-0.15, -0.1) is 0 Å². The van der Waals surface area contributed by atoms with Gasteiger partial charge >= 0.3 is 0 Å². The van der Waals surface area contributed by atoms with E-state index in [1.807, 2.05) is 65.6 Å². The molecule has 0 aliphatic carbocycles. The van der Waals surface area contributed by atoms with Crippen molar-refractivity contribution in [2.45, 2.75) is 25.1 Å². The summed E-state index contributed by atoms with van der Waals surface area (Å²) in [7, 11) is 0. The van der Waals surface area contributed by atoms with Gasteiger partial charge in [-0.25, -0.2) is 8.78 Å². The van der Waals surface area contributed by atoms with Crippen molar-refractivity contribution >= 4 is 0 Å². The van der Waals surface area contributed by atoms with Gasteiger partial charge in [-0.05, 0) is 11.1 Å². The van der Waals surface area contributed by atoms with Crippen molar-refractivity contribution in [3.05, 3.63) is 71.8 Å². The second kappa shape index (κ2) is 6.55. The van der Waals surface area contributed by atoms with Crippen molar-refractivity contribution in [1.82, 2.24) is 10.2 Å². The largest absolute Gasteiger partial charge is 0.309 e. The topological polar surface area (TPSA) is 15.3 Å². The fraction of sp³-hybridized carbons (Fsp3) is 0.333. The van der Waals surface area contributed by atoms with Crippen molar-refractivity contribution in [3.63, 3.8) is 0 Å². The van der Waals surface area contributed by atoms with Gasteiger partial charge in [0.25, 0.3) is 5.92 Å². The van der Waals surface area contributed by atoms with Gasteiger partial charge in [-0.3, -0.25) is 4.90 Å². The van der Waals surface area contributed by atoms with Gasteiger partial charge in [0, 0.05) is 19.6 Å². The van der Waals surface area contributed by atoms with E-state index in [0.717, 1.165) is 11.1 Å². The van der Waals surface area contributed by atoms with Crippen LogP contribution >= 0.6 is 0 Å². The summed E-state index contributed by atoms with van der Waals surface area (Å²) in [5.74, 6) is -2.69. The number of benzene rings is 2. The van der Waals surface area contributed by atoms with Gasteiger partial charge < -0.3 is 5.32 Å². The molecule has 0 amide bonds. The molecule has 1 atom stereocenters. The van der Waals surface area contributed by atoms with E-state index in [0.29, 0.717) is 19.6 Å². The third-order valence-electron chi connectivity index (χ3n) is 4.08. The summed E-state index contributed by atoms with van der Waals surface area (Å²) in [6.45, 7) is 1.14. The molecule has 1 heterocycles. The number of hydrogen-bond acceptors (Lipinski definition) is 2. The Labute approximate surface area is 129 Å². The lowest BCUT2D eigenvalue weighted by atomic mass is 10.1. The third-order valence-corrected chi connectivity index (χ3v) is 4.08. The number of nitrogens with zero attached hydrogens (tertiary/aromatic N) is 1. The van der Waals surface area contributed by atoms with Crippen LogP contribution in [0.4, 0.5) is 8.78 Å². The molecule has 0 radical (unpaired) electrons. The van der Waals surface area contributed by atoms with E-state index >= 15 is 0 Å². The van der Waals surface area contributed by atoms with E-state index in [2.05, 4.69) is 5.32 Å². The van der Waals surface area contributed by atoms with Gasteiger partial charge in [0.1, 0.15) is 0 Å². The molecular weight excluding hydrogens is 282 g/mol. The minimum Gasteiger partial charge on any atom is -0.309 e. The predicted molar refractivity (Wildman–Crippen MR) is 83.7 cm³/mol. The highest BCUT2D eigenvalue weighted by Crippen LogP contribution is 2.29. The van der Waals surface area contributed by atoms with Gasteiger partial charge in [0.2, 0.25) is 0 Å². The Balaban J connectivity index is 1.82. The number of halogens is 2. The lowest BCUT2D eigenvalue weighted by Crippen LogP contribution is -2.46. The zero-order chi connectivity index (χ0) is 15.4. The Kier molecular flexibility index (Phi) is 4.50. The van der Waals surface area contributed by atoms with Gasteiger partial charge in [0.15, 0.2) is 0 Å². The Hall–Kier alpha value is -1.78. The number of hydrogen-bond donors (Lipinski definition) is 1. The molecule has 1 aliphatic rings. The summed E-state index contributed by atoms with van der Waals surface area (Å²) in [6, 6.07) is 18.8. The lowest BCUT2D eigenvalue weighted by molar-refractivity contribution is -0.0534. The Bertz CT molecular complexity index is 545. The fourth-order valence-electron chi connectivity index (χ4n) is 2.95. The van der Waals surface area contributed by atoms with Crippen LogP contribution in [0, 0.1) is 0 Å². The highest BCUT2D eigenvalue weighted by Gasteiger charge is 2.46. The molecule has 116 valence electrons. The average molecular weight is 302 g/mol. The SMILES string of the molecule is FC1(F)CNCC1N(Cc1ccccc1)Cc1ccccc1. The van der Waals surface area contributed by atoms with Gasteiger partial charge in [-0.2, -0.15) is 0 Å². The quantitative estimate of drug-likeness (QED) is 0.911. The predicted octanol–water partition coefficient (Wildman–Crippen LogP) is 3.30. The molecule has 1 saturated heterocycles. The summed E-state index contributed by atoms with van der Waals surface area (Å²) < 4.78 is 28.3. The number of rotatable bonds is 5. The second-order valence-electron chi connectivity index (χ2n) is 5.78. The first-order valence-corrected chi connectivity index (χ1v) is 7.55. The normalized spacial score (nSPS) is 20.4. The highest BCUT2D eigenvalue weighted by molar-refractivity contribution is 5.18. The van der Waals surface area contributed by atoms with E-state index in [9.17, 15) is 8.78 Å². The highest BCUT2D eigenvalue weighted by atomic mass is 19.3. The van der Waals surface area contributed by atoms with Crippen LogP contribution in [0.15, 0.2) is 60.7 Å². The molecule has 3 rings (SSSR count). The van der Waals surface area contributed by atoms with Crippen molar-refractivity contribution in [1.29, 1.82) is 0 Å². The zero-order valence-corrected chi connectivity index (χ0v) is 12.4. The van der Waals surface area contributed by atoms with Gasteiger partial charge in [-0.1, -0.05) is 60.7 Å². The first-order chi connectivity index (χ1) is 10.6. The molecule has 22 heavy (non-hydrogen) atoms. The molecule has 2 aromatic carbocycles. The van der Waals surface area contributed by atoms with Crippen LogP contribution in [0.2, 0.25) is 0 Å². The molecule has 0 spiro atoms. The van der Waals surface area contributed by atoms with E-state index in [-0.39, 0.29) is 6.54 Å². The molecule has 0 aromatic heterocycles. The van der Waals surface area contributed by atoms with Crippen molar-refractivity contribution in [2.24, 2.45) is 0 Å². The van der Waals surface area contributed by atoms with Crippen molar-refractivity contribution in [3.8, 4) is 0 Å². The fourth-order valence-corrected chi connectivity index (χ4v) is 2.95. The third kappa shape index (κ3) is 3.51. The number of nitrogens with one attached hydrogen (secondary N) is 1. The van der Waals surface area contributed by atoms with Gasteiger partial charge in [0.05, 0.1) is 12.6 Å².